The largest absolute Gasteiger partial charge is 0.339 e. The van der Waals surface area contributed by atoms with Crippen molar-refractivity contribution in [3.05, 3.63) is 35.9 Å². The second-order valence-corrected chi connectivity index (χ2v) is 5.22. The molecule has 0 saturated carbocycles. The lowest BCUT2D eigenvalue weighted by atomic mass is 9.91. The van der Waals surface area contributed by atoms with Gasteiger partial charge in [-0.15, -0.1) is 0 Å². The van der Waals surface area contributed by atoms with Crippen molar-refractivity contribution in [2.45, 2.75) is 11.2 Å². The van der Waals surface area contributed by atoms with Gasteiger partial charge in [0.2, 0.25) is 5.91 Å². The first-order valence-electron chi connectivity index (χ1n) is 4.62. The Bertz CT molecular complexity index is 344. The molecule has 0 spiro atoms. The van der Waals surface area contributed by atoms with Crippen LogP contribution in [0.25, 0.3) is 0 Å². The van der Waals surface area contributed by atoms with Gasteiger partial charge in [0.1, 0.15) is 0 Å². The molecule has 3 heteroatoms. The number of benzene rings is 1. The highest BCUT2D eigenvalue weighted by molar-refractivity contribution is 9.09. The van der Waals surface area contributed by atoms with Crippen LogP contribution in [0.2, 0.25) is 0 Å². The summed E-state index contributed by atoms with van der Waals surface area (Å²) in [5.74, 6) is 0.149. The molecule has 0 aliphatic carbocycles. The number of alkyl halides is 1. The van der Waals surface area contributed by atoms with Gasteiger partial charge in [-0.25, -0.2) is 0 Å². The molecule has 2 rings (SSSR count). The SMILES string of the molecule is CC(=O)N1CC(Br)(c2ccccc2)C1. The fourth-order valence-corrected chi connectivity index (χ4v) is 2.57. The van der Waals surface area contributed by atoms with Gasteiger partial charge < -0.3 is 4.90 Å². The summed E-state index contributed by atoms with van der Waals surface area (Å²) in [4.78, 5) is 12.9. The average Bonchev–Trinajstić information content (AvgIpc) is 2.14. The molecule has 1 amide bonds. The van der Waals surface area contributed by atoms with Crippen LogP contribution in [0, 0.1) is 0 Å². The van der Waals surface area contributed by atoms with Crippen LogP contribution < -0.4 is 0 Å². The van der Waals surface area contributed by atoms with Crippen molar-refractivity contribution in [3.63, 3.8) is 0 Å². The fourth-order valence-electron chi connectivity index (χ4n) is 1.70. The fraction of sp³-hybridized carbons (Fsp3) is 0.364. The van der Waals surface area contributed by atoms with E-state index in [1.165, 1.54) is 5.56 Å². The second kappa shape index (κ2) is 3.39. The van der Waals surface area contributed by atoms with E-state index < -0.39 is 0 Å². The smallest absolute Gasteiger partial charge is 0.219 e. The van der Waals surface area contributed by atoms with Crippen molar-refractivity contribution in [1.82, 2.24) is 4.90 Å². The van der Waals surface area contributed by atoms with Crippen molar-refractivity contribution in [2.24, 2.45) is 0 Å². The molecule has 1 aliphatic heterocycles. The minimum Gasteiger partial charge on any atom is -0.339 e. The van der Waals surface area contributed by atoms with Gasteiger partial charge in [-0.05, 0) is 5.56 Å². The number of carbonyl (C=O) groups is 1. The Kier molecular flexibility index (Phi) is 2.35. The number of carbonyl (C=O) groups excluding carboxylic acids is 1. The van der Waals surface area contributed by atoms with Crippen molar-refractivity contribution in [3.8, 4) is 0 Å². The Morgan fingerprint density at radius 2 is 1.93 bits per heavy atom. The average molecular weight is 254 g/mol. The van der Waals surface area contributed by atoms with Crippen LogP contribution in [-0.4, -0.2) is 23.9 Å². The van der Waals surface area contributed by atoms with Crippen LogP contribution in [0.4, 0.5) is 0 Å². The van der Waals surface area contributed by atoms with Crippen molar-refractivity contribution >= 4 is 21.8 Å². The highest BCUT2D eigenvalue weighted by Crippen LogP contribution is 2.40. The number of hydrogen-bond donors (Lipinski definition) is 0. The number of amides is 1. The third-order valence-electron chi connectivity index (χ3n) is 2.62. The first-order valence-corrected chi connectivity index (χ1v) is 5.41. The monoisotopic (exact) mass is 253 g/mol. The number of likely N-dealkylation sites (tertiary alicyclic amines) is 1. The maximum absolute atomic E-state index is 11.1. The van der Waals surface area contributed by atoms with Gasteiger partial charge in [0.25, 0.3) is 0 Å². The Morgan fingerprint density at radius 1 is 1.36 bits per heavy atom. The maximum atomic E-state index is 11.1. The first-order chi connectivity index (χ1) is 6.62. The topological polar surface area (TPSA) is 20.3 Å². The van der Waals surface area contributed by atoms with Crippen molar-refractivity contribution < 1.29 is 4.79 Å². The molecule has 0 radical (unpaired) electrons. The zero-order valence-electron chi connectivity index (χ0n) is 8.03. The summed E-state index contributed by atoms with van der Waals surface area (Å²) in [5, 5.41) is 0. The van der Waals surface area contributed by atoms with E-state index in [1.807, 2.05) is 23.1 Å². The van der Waals surface area contributed by atoms with E-state index in [0.717, 1.165) is 13.1 Å². The van der Waals surface area contributed by atoms with E-state index in [0.29, 0.717) is 0 Å². The van der Waals surface area contributed by atoms with Gasteiger partial charge in [0.15, 0.2) is 0 Å². The molecule has 0 N–H and O–H groups in total. The molecule has 0 atom stereocenters. The summed E-state index contributed by atoms with van der Waals surface area (Å²) in [6, 6.07) is 10.2. The summed E-state index contributed by atoms with van der Waals surface area (Å²) < 4.78 is -0.0140. The van der Waals surface area contributed by atoms with Gasteiger partial charge in [-0.1, -0.05) is 46.3 Å². The number of hydrogen-bond acceptors (Lipinski definition) is 1. The number of halogens is 1. The highest BCUT2D eigenvalue weighted by Gasteiger charge is 2.43. The number of nitrogens with zero attached hydrogens (tertiary/aromatic N) is 1. The van der Waals surface area contributed by atoms with Crippen LogP contribution in [0.1, 0.15) is 12.5 Å². The van der Waals surface area contributed by atoms with Gasteiger partial charge in [0, 0.05) is 20.0 Å². The Labute approximate surface area is 92.0 Å². The predicted molar refractivity (Wildman–Crippen MR) is 59.3 cm³/mol. The molecule has 0 aromatic heterocycles. The quantitative estimate of drug-likeness (QED) is 0.703. The number of rotatable bonds is 1. The van der Waals surface area contributed by atoms with Gasteiger partial charge >= 0.3 is 0 Å². The zero-order valence-corrected chi connectivity index (χ0v) is 9.62. The molecule has 1 aromatic carbocycles. The summed E-state index contributed by atoms with van der Waals surface area (Å²) in [5.41, 5.74) is 1.25. The molecule has 0 bridgehead atoms. The Hall–Kier alpha value is -0.830. The summed E-state index contributed by atoms with van der Waals surface area (Å²) in [6.07, 6.45) is 0. The predicted octanol–water partition coefficient (Wildman–Crippen LogP) is 2.14. The van der Waals surface area contributed by atoms with Gasteiger partial charge in [0.05, 0.1) is 4.32 Å². The molecule has 1 fully saturated rings. The normalized spacial score (nSPS) is 18.9. The van der Waals surface area contributed by atoms with E-state index in [2.05, 4.69) is 28.1 Å². The van der Waals surface area contributed by atoms with Gasteiger partial charge in [-0.3, -0.25) is 4.79 Å². The van der Waals surface area contributed by atoms with Crippen LogP contribution >= 0.6 is 15.9 Å². The summed E-state index contributed by atoms with van der Waals surface area (Å²) in [6.45, 7) is 3.15. The Balaban J connectivity index is 2.12. The van der Waals surface area contributed by atoms with Crippen LogP contribution in [0.3, 0.4) is 0 Å². The minimum absolute atomic E-state index is 0.0140. The minimum atomic E-state index is -0.0140. The lowest BCUT2D eigenvalue weighted by Gasteiger charge is -2.46. The zero-order chi connectivity index (χ0) is 10.2. The van der Waals surface area contributed by atoms with Gasteiger partial charge in [-0.2, -0.15) is 0 Å². The first kappa shape index (κ1) is 9.71. The van der Waals surface area contributed by atoms with Crippen molar-refractivity contribution in [1.29, 1.82) is 0 Å². The van der Waals surface area contributed by atoms with Crippen LogP contribution in [0.15, 0.2) is 30.3 Å². The standard InChI is InChI=1S/C11H12BrNO/c1-9(14)13-7-11(12,8-13)10-5-3-2-4-6-10/h2-6H,7-8H2,1H3. The molecular weight excluding hydrogens is 242 g/mol. The molecule has 14 heavy (non-hydrogen) atoms. The summed E-state index contributed by atoms with van der Waals surface area (Å²) in [7, 11) is 0. The molecule has 1 aromatic rings. The summed E-state index contributed by atoms with van der Waals surface area (Å²) >= 11 is 3.69. The van der Waals surface area contributed by atoms with E-state index in [9.17, 15) is 4.79 Å². The lowest BCUT2D eigenvalue weighted by molar-refractivity contribution is -0.133. The molecule has 0 unspecified atom stereocenters. The third-order valence-corrected chi connectivity index (χ3v) is 3.58. The van der Waals surface area contributed by atoms with Crippen molar-refractivity contribution in [2.75, 3.05) is 13.1 Å². The second-order valence-electron chi connectivity index (χ2n) is 3.71. The van der Waals surface area contributed by atoms with E-state index in [1.54, 1.807) is 6.92 Å². The highest BCUT2D eigenvalue weighted by atomic mass is 79.9. The molecule has 74 valence electrons. The van der Waals surface area contributed by atoms with Crippen LogP contribution in [-0.2, 0) is 9.12 Å². The van der Waals surface area contributed by atoms with Crippen LogP contribution in [0.5, 0.6) is 0 Å². The third kappa shape index (κ3) is 1.57. The molecule has 1 saturated heterocycles. The molecular formula is C11H12BrNO. The maximum Gasteiger partial charge on any atom is 0.219 e. The van der Waals surface area contributed by atoms with E-state index in [4.69, 9.17) is 0 Å². The lowest BCUT2D eigenvalue weighted by Crippen LogP contribution is -2.57. The van der Waals surface area contributed by atoms with E-state index >= 15 is 0 Å². The molecule has 1 aliphatic rings. The van der Waals surface area contributed by atoms with E-state index in [-0.39, 0.29) is 10.2 Å². The molecule has 1 heterocycles. The Morgan fingerprint density at radius 3 is 2.43 bits per heavy atom. The molecule has 2 nitrogen and oxygen atoms in total.